The predicted molar refractivity (Wildman–Crippen MR) is 55.6 cm³/mol. The lowest BCUT2D eigenvalue weighted by Gasteiger charge is -2.25. The van der Waals surface area contributed by atoms with Crippen molar-refractivity contribution in [2.45, 2.75) is 18.7 Å². The zero-order chi connectivity index (χ0) is 11.8. The summed E-state index contributed by atoms with van der Waals surface area (Å²) in [6.45, 7) is 0.907. The van der Waals surface area contributed by atoms with E-state index in [9.17, 15) is 13.2 Å². The van der Waals surface area contributed by atoms with E-state index in [0.29, 0.717) is 25.1 Å². The fourth-order valence-electron chi connectivity index (χ4n) is 1.90. The van der Waals surface area contributed by atoms with Crippen LogP contribution in [0.3, 0.4) is 0 Å². The highest BCUT2D eigenvalue weighted by Gasteiger charge is 2.39. The van der Waals surface area contributed by atoms with E-state index in [-0.39, 0.29) is 0 Å². The van der Waals surface area contributed by atoms with Gasteiger partial charge in [-0.25, -0.2) is 0 Å². The Kier molecular flexibility index (Phi) is 3.23. The van der Waals surface area contributed by atoms with Gasteiger partial charge < -0.3 is 10.1 Å². The molecule has 0 bridgehead atoms. The van der Waals surface area contributed by atoms with Crippen molar-refractivity contribution in [1.29, 1.82) is 0 Å². The van der Waals surface area contributed by atoms with E-state index < -0.39 is 17.8 Å². The number of hydrogen-bond donors (Lipinski definition) is 1. The maximum Gasteiger partial charge on any atom is 0.417 e. The molecule has 2 nitrogen and oxygen atoms in total. The van der Waals surface area contributed by atoms with E-state index >= 15 is 0 Å². The molecular weight excluding hydrogens is 239 g/mol. The average Bonchev–Trinajstić information content (AvgIpc) is 2.62. The van der Waals surface area contributed by atoms with Crippen LogP contribution in [0.4, 0.5) is 13.2 Å². The molecule has 1 aromatic rings. The van der Waals surface area contributed by atoms with Crippen LogP contribution < -0.4 is 5.32 Å². The molecule has 16 heavy (non-hydrogen) atoms. The van der Waals surface area contributed by atoms with Crippen molar-refractivity contribution >= 4 is 11.3 Å². The van der Waals surface area contributed by atoms with Crippen LogP contribution in [0.1, 0.15) is 22.1 Å². The second-order valence-corrected chi connectivity index (χ2v) is 4.62. The minimum Gasteiger partial charge on any atom is -0.372 e. The molecule has 0 saturated heterocycles. The maximum absolute atomic E-state index is 12.8. The van der Waals surface area contributed by atoms with Gasteiger partial charge in [-0.1, -0.05) is 0 Å². The number of thiophene rings is 1. The zero-order valence-corrected chi connectivity index (χ0v) is 9.54. The molecule has 1 atom stereocenters. The van der Waals surface area contributed by atoms with E-state index in [2.05, 4.69) is 5.32 Å². The Balaban J connectivity index is 2.40. The first kappa shape index (κ1) is 11.9. The molecule has 0 saturated carbocycles. The molecule has 0 aromatic carbocycles. The molecule has 0 amide bonds. The van der Waals surface area contributed by atoms with Crippen molar-refractivity contribution in [3.63, 3.8) is 0 Å². The minimum absolute atomic E-state index is 0.332. The van der Waals surface area contributed by atoms with Gasteiger partial charge in [0.05, 0.1) is 18.3 Å². The van der Waals surface area contributed by atoms with E-state index in [1.807, 2.05) is 0 Å². The fraction of sp³-hybridized carbons (Fsp3) is 0.600. The lowest BCUT2D eigenvalue weighted by molar-refractivity contribution is -0.139. The topological polar surface area (TPSA) is 21.3 Å². The number of alkyl halides is 3. The van der Waals surface area contributed by atoms with Gasteiger partial charge in [0.25, 0.3) is 0 Å². The summed E-state index contributed by atoms with van der Waals surface area (Å²) in [5, 5.41) is 4.06. The van der Waals surface area contributed by atoms with Crippen LogP contribution in [0, 0.1) is 0 Å². The highest BCUT2D eigenvalue weighted by atomic mass is 32.1. The third kappa shape index (κ3) is 2.09. The second kappa shape index (κ2) is 4.35. The Morgan fingerprint density at radius 1 is 1.56 bits per heavy atom. The molecule has 1 aliphatic heterocycles. The Morgan fingerprint density at radius 2 is 2.31 bits per heavy atom. The maximum atomic E-state index is 12.8. The van der Waals surface area contributed by atoms with Crippen LogP contribution in [0.15, 0.2) is 5.38 Å². The van der Waals surface area contributed by atoms with Gasteiger partial charge in [0, 0.05) is 28.8 Å². The minimum atomic E-state index is -4.28. The zero-order valence-electron chi connectivity index (χ0n) is 8.73. The Hall–Kier alpha value is -0.590. The number of fused-ring (bicyclic) bond motifs is 1. The molecule has 1 aliphatic rings. The van der Waals surface area contributed by atoms with Crippen LogP contribution >= 0.6 is 11.3 Å². The third-order valence-corrected chi connectivity index (χ3v) is 3.64. The van der Waals surface area contributed by atoms with Crippen molar-refractivity contribution in [3.8, 4) is 0 Å². The van der Waals surface area contributed by atoms with Gasteiger partial charge in [-0.05, 0) is 7.05 Å². The van der Waals surface area contributed by atoms with Crippen molar-refractivity contribution in [3.05, 3.63) is 21.4 Å². The highest BCUT2D eigenvalue weighted by Crippen LogP contribution is 2.42. The monoisotopic (exact) mass is 251 g/mol. The third-order valence-electron chi connectivity index (χ3n) is 2.57. The number of likely N-dealkylation sites (N-methyl/N-ethyl adjacent to an activating group) is 1. The van der Waals surface area contributed by atoms with E-state index in [4.69, 9.17) is 4.74 Å². The molecule has 90 valence electrons. The van der Waals surface area contributed by atoms with Gasteiger partial charge >= 0.3 is 6.18 Å². The first-order chi connectivity index (χ1) is 7.54. The summed E-state index contributed by atoms with van der Waals surface area (Å²) >= 11 is 1.18. The Bertz CT molecular complexity index is 375. The first-order valence-electron chi connectivity index (χ1n) is 4.97. The van der Waals surface area contributed by atoms with Crippen LogP contribution in [0.25, 0.3) is 0 Å². The molecule has 0 unspecified atom stereocenters. The second-order valence-electron chi connectivity index (χ2n) is 3.65. The summed E-state index contributed by atoms with van der Waals surface area (Å²) in [5.41, 5.74) is -0.203. The van der Waals surface area contributed by atoms with E-state index in [0.717, 1.165) is 4.88 Å². The highest BCUT2D eigenvalue weighted by molar-refractivity contribution is 7.10. The summed E-state index contributed by atoms with van der Waals surface area (Å²) in [7, 11) is 1.71. The number of rotatable bonds is 2. The molecule has 2 rings (SSSR count). The van der Waals surface area contributed by atoms with Crippen molar-refractivity contribution in [1.82, 2.24) is 5.32 Å². The Morgan fingerprint density at radius 3 is 2.94 bits per heavy atom. The molecule has 0 radical (unpaired) electrons. The van der Waals surface area contributed by atoms with Gasteiger partial charge in [0.2, 0.25) is 0 Å². The molecular formula is C10H12F3NOS. The SMILES string of the molecule is CNC[C@H]1OCCc2scc(C(F)(F)F)c21. The van der Waals surface area contributed by atoms with Gasteiger partial charge in [0.15, 0.2) is 0 Å². The number of ether oxygens (including phenoxy) is 1. The fourth-order valence-corrected chi connectivity index (χ4v) is 2.99. The van der Waals surface area contributed by atoms with Crippen molar-refractivity contribution in [2.24, 2.45) is 0 Å². The number of nitrogens with one attached hydrogen (secondary N) is 1. The summed E-state index contributed by atoms with van der Waals surface area (Å²) in [4.78, 5) is 0.804. The average molecular weight is 251 g/mol. The largest absolute Gasteiger partial charge is 0.417 e. The predicted octanol–water partition coefficient (Wildman–Crippen LogP) is 2.60. The lowest BCUT2D eigenvalue weighted by atomic mass is 10.0. The summed E-state index contributed by atoms with van der Waals surface area (Å²) in [6.07, 6.45) is -4.18. The van der Waals surface area contributed by atoms with E-state index in [1.54, 1.807) is 7.05 Å². The Labute approximate surface area is 95.4 Å². The number of hydrogen-bond acceptors (Lipinski definition) is 3. The van der Waals surface area contributed by atoms with Crippen LogP contribution in [0.5, 0.6) is 0 Å². The van der Waals surface area contributed by atoms with Gasteiger partial charge in [-0.15, -0.1) is 11.3 Å². The molecule has 0 aliphatic carbocycles. The number of halogens is 3. The van der Waals surface area contributed by atoms with E-state index in [1.165, 1.54) is 16.7 Å². The first-order valence-corrected chi connectivity index (χ1v) is 5.85. The van der Waals surface area contributed by atoms with Gasteiger partial charge in [-0.3, -0.25) is 0 Å². The molecule has 1 aromatic heterocycles. The van der Waals surface area contributed by atoms with Crippen LogP contribution in [-0.4, -0.2) is 20.2 Å². The standard InChI is InChI=1S/C10H12F3NOS/c1-14-4-7-9-6(10(11,12)13)5-16-8(9)2-3-15-7/h5,7,14H,2-4H2,1H3/t7-/m1/s1. The molecule has 2 heterocycles. The van der Waals surface area contributed by atoms with Crippen LogP contribution in [-0.2, 0) is 17.3 Å². The normalized spacial score (nSPS) is 20.9. The summed E-state index contributed by atoms with van der Waals surface area (Å²) in [6, 6.07) is 0. The lowest BCUT2D eigenvalue weighted by Crippen LogP contribution is -2.26. The molecule has 6 heteroatoms. The summed E-state index contributed by atoms with van der Waals surface area (Å²) in [5.74, 6) is 0. The van der Waals surface area contributed by atoms with Crippen molar-refractivity contribution < 1.29 is 17.9 Å². The summed E-state index contributed by atoms with van der Waals surface area (Å²) < 4.78 is 43.6. The van der Waals surface area contributed by atoms with Crippen LogP contribution in [0.2, 0.25) is 0 Å². The van der Waals surface area contributed by atoms with Crippen molar-refractivity contribution in [2.75, 3.05) is 20.2 Å². The molecule has 0 fully saturated rings. The molecule has 1 N–H and O–H groups in total. The quantitative estimate of drug-likeness (QED) is 0.872. The molecule has 0 spiro atoms. The van der Waals surface area contributed by atoms with Gasteiger partial charge in [0.1, 0.15) is 0 Å². The van der Waals surface area contributed by atoms with Gasteiger partial charge in [-0.2, -0.15) is 13.2 Å². The smallest absolute Gasteiger partial charge is 0.372 e.